The second-order valence-corrected chi connectivity index (χ2v) is 6.26. The zero-order chi connectivity index (χ0) is 15.3. The van der Waals surface area contributed by atoms with E-state index in [4.69, 9.17) is 0 Å². The molecule has 0 radical (unpaired) electrons. The Hall–Kier alpha value is -1.95. The van der Waals surface area contributed by atoms with Crippen LogP contribution in [0, 0.1) is 0 Å². The van der Waals surface area contributed by atoms with Crippen LogP contribution in [0.2, 0.25) is 0 Å². The molecule has 2 aromatic rings. The topological polar surface area (TPSA) is 96.8 Å². The van der Waals surface area contributed by atoms with Crippen LogP contribution in [-0.2, 0) is 29.3 Å². The van der Waals surface area contributed by atoms with Crippen molar-refractivity contribution in [2.75, 3.05) is 6.54 Å². The summed E-state index contributed by atoms with van der Waals surface area (Å²) < 4.78 is 64.5. The van der Waals surface area contributed by atoms with E-state index in [1.165, 1.54) is 12.3 Å². The Morgan fingerprint density at radius 3 is 2.62 bits per heavy atom. The van der Waals surface area contributed by atoms with Crippen molar-refractivity contribution in [2.24, 2.45) is 0 Å². The molecule has 1 aliphatic rings. The smallest absolute Gasteiger partial charge is 0.305 e. The van der Waals surface area contributed by atoms with Crippen molar-refractivity contribution in [1.82, 2.24) is 29.3 Å². The summed E-state index contributed by atoms with van der Waals surface area (Å²) in [6.45, 7) is -0.537. The fourth-order valence-corrected chi connectivity index (χ4v) is 3.36. The molecule has 0 unspecified atom stereocenters. The minimum Gasteiger partial charge on any atom is -0.305 e. The van der Waals surface area contributed by atoms with Gasteiger partial charge in [0.2, 0.25) is 5.82 Å². The predicted octanol–water partition coefficient (Wildman–Crippen LogP) is 0.224. The van der Waals surface area contributed by atoms with E-state index < -0.39 is 22.0 Å². The molecule has 0 atom stereocenters. The lowest BCUT2D eigenvalue weighted by Gasteiger charge is -2.26. The fraction of sp³-hybridized carbons (Fsp3) is 0.444. The molecule has 3 rings (SSSR count). The summed E-state index contributed by atoms with van der Waals surface area (Å²) >= 11 is 0. The molecule has 2 aromatic heterocycles. The first-order chi connectivity index (χ1) is 9.80. The second-order valence-electron chi connectivity index (χ2n) is 4.35. The number of hydrogen-bond acceptors (Lipinski definition) is 5. The molecule has 0 bridgehead atoms. The van der Waals surface area contributed by atoms with Gasteiger partial charge in [0.15, 0.2) is 5.03 Å². The number of sulfonamides is 1. The van der Waals surface area contributed by atoms with Gasteiger partial charge in [0.1, 0.15) is 5.82 Å². The Labute approximate surface area is 116 Å². The molecular weight excluding hydrogens is 313 g/mol. The van der Waals surface area contributed by atoms with Crippen LogP contribution >= 0.6 is 0 Å². The van der Waals surface area contributed by atoms with Gasteiger partial charge in [-0.25, -0.2) is 8.42 Å². The highest BCUT2D eigenvalue weighted by atomic mass is 32.2. The van der Waals surface area contributed by atoms with E-state index in [1.54, 1.807) is 0 Å². The molecule has 0 saturated heterocycles. The first-order valence-electron chi connectivity index (χ1n) is 5.79. The average Bonchev–Trinajstić information content (AvgIpc) is 3.06. The SMILES string of the molecule is O=S(=O)(c1ccn[nH]1)N1CCn2c(nnc2C(F)(F)F)C1. The molecule has 0 fully saturated rings. The normalized spacial score (nSPS) is 16.9. The fourth-order valence-electron chi connectivity index (χ4n) is 2.08. The number of nitrogens with one attached hydrogen (secondary N) is 1. The van der Waals surface area contributed by atoms with Crippen LogP contribution in [0.15, 0.2) is 17.3 Å². The highest BCUT2D eigenvalue weighted by Gasteiger charge is 2.41. The first-order valence-corrected chi connectivity index (χ1v) is 7.23. The molecular formula is C9H9F3N6O2S. The maximum atomic E-state index is 12.7. The van der Waals surface area contributed by atoms with E-state index >= 15 is 0 Å². The van der Waals surface area contributed by atoms with Gasteiger partial charge in [-0.2, -0.15) is 22.6 Å². The van der Waals surface area contributed by atoms with Crippen LogP contribution in [-0.4, -0.2) is 44.2 Å². The molecule has 12 heteroatoms. The van der Waals surface area contributed by atoms with E-state index in [0.717, 1.165) is 8.87 Å². The van der Waals surface area contributed by atoms with Crippen molar-refractivity contribution in [3.8, 4) is 0 Å². The molecule has 0 spiro atoms. The van der Waals surface area contributed by atoms with E-state index in [0.29, 0.717) is 0 Å². The van der Waals surface area contributed by atoms with Crippen LogP contribution in [0.25, 0.3) is 0 Å². The van der Waals surface area contributed by atoms with Gasteiger partial charge < -0.3 is 4.57 Å². The highest BCUT2D eigenvalue weighted by molar-refractivity contribution is 7.89. The van der Waals surface area contributed by atoms with Crippen molar-refractivity contribution < 1.29 is 21.6 Å². The molecule has 3 heterocycles. The van der Waals surface area contributed by atoms with Gasteiger partial charge in [-0.1, -0.05) is 0 Å². The number of rotatable bonds is 2. The van der Waals surface area contributed by atoms with Crippen molar-refractivity contribution in [3.05, 3.63) is 23.9 Å². The second kappa shape index (κ2) is 4.53. The summed E-state index contributed by atoms with van der Waals surface area (Å²) in [5, 5.41) is 12.3. The quantitative estimate of drug-likeness (QED) is 0.853. The molecule has 0 saturated carbocycles. The lowest BCUT2D eigenvalue weighted by molar-refractivity contribution is -0.147. The third-order valence-electron chi connectivity index (χ3n) is 3.06. The first kappa shape index (κ1) is 14.0. The minimum absolute atomic E-state index is 0.0448. The van der Waals surface area contributed by atoms with E-state index in [9.17, 15) is 21.6 Å². The van der Waals surface area contributed by atoms with Gasteiger partial charge in [-0.15, -0.1) is 10.2 Å². The number of nitrogens with zero attached hydrogens (tertiary/aromatic N) is 5. The maximum Gasteiger partial charge on any atom is 0.451 e. The molecule has 21 heavy (non-hydrogen) atoms. The molecule has 0 amide bonds. The third kappa shape index (κ3) is 2.29. The zero-order valence-corrected chi connectivity index (χ0v) is 11.2. The summed E-state index contributed by atoms with van der Waals surface area (Å²) in [6, 6.07) is 1.27. The van der Waals surface area contributed by atoms with Gasteiger partial charge in [-0.3, -0.25) is 5.10 Å². The molecule has 8 nitrogen and oxygen atoms in total. The number of fused-ring (bicyclic) bond motifs is 1. The Balaban J connectivity index is 1.91. The summed E-state index contributed by atoms with van der Waals surface area (Å²) in [4.78, 5) is 0. The van der Waals surface area contributed by atoms with E-state index in [1.807, 2.05) is 0 Å². The highest BCUT2D eigenvalue weighted by Crippen LogP contribution is 2.30. The molecule has 1 aliphatic heterocycles. The lowest BCUT2D eigenvalue weighted by atomic mass is 10.4. The maximum absolute atomic E-state index is 12.7. The van der Waals surface area contributed by atoms with Gasteiger partial charge in [0.25, 0.3) is 10.0 Å². The summed E-state index contributed by atoms with van der Waals surface area (Å²) in [6.07, 6.45) is -3.34. The van der Waals surface area contributed by atoms with Crippen LogP contribution in [0.3, 0.4) is 0 Å². The molecule has 0 aliphatic carbocycles. The Morgan fingerprint density at radius 1 is 1.24 bits per heavy atom. The summed E-state index contributed by atoms with van der Waals surface area (Å²) in [7, 11) is -3.83. The van der Waals surface area contributed by atoms with Crippen molar-refractivity contribution in [3.63, 3.8) is 0 Å². The van der Waals surface area contributed by atoms with Crippen LogP contribution in [0.4, 0.5) is 13.2 Å². The predicted molar refractivity (Wildman–Crippen MR) is 61.2 cm³/mol. The Morgan fingerprint density at radius 2 is 2.00 bits per heavy atom. The zero-order valence-electron chi connectivity index (χ0n) is 10.4. The van der Waals surface area contributed by atoms with Gasteiger partial charge >= 0.3 is 6.18 Å². The lowest BCUT2D eigenvalue weighted by Crippen LogP contribution is -2.39. The number of H-pyrrole nitrogens is 1. The van der Waals surface area contributed by atoms with Crippen LogP contribution in [0.5, 0.6) is 0 Å². The van der Waals surface area contributed by atoms with Crippen molar-refractivity contribution >= 4 is 10.0 Å². The number of hydrogen-bond donors (Lipinski definition) is 1. The van der Waals surface area contributed by atoms with Gasteiger partial charge in [0.05, 0.1) is 12.7 Å². The van der Waals surface area contributed by atoms with Crippen molar-refractivity contribution in [1.29, 1.82) is 0 Å². The summed E-state index contributed by atoms with van der Waals surface area (Å²) in [5.74, 6) is -1.16. The van der Waals surface area contributed by atoms with E-state index in [-0.39, 0.29) is 30.5 Å². The third-order valence-corrected chi connectivity index (χ3v) is 4.84. The van der Waals surface area contributed by atoms with Crippen LogP contribution in [0.1, 0.15) is 11.6 Å². The average molecular weight is 322 g/mol. The van der Waals surface area contributed by atoms with Crippen LogP contribution < -0.4 is 0 Å². The molecule has 114 valence electrons. The van der Waals surface area contributed by atoms with Gasteiger partial charge in [-0.05, 0) is 6.07 Å². The largest absolute Gasteiger partial charge is 0.451 e. The Bertz CT molecular complexity index is 751. The molecule has 1 N–H and O–H groups in total. The van der Waals surface area contributed by atoms with Gasteiger partial charge in [0, 0.05) is 13.1 Å². The summed E-state index contributed by atoms with van der Waals surface area (Å²) in [5.41, 5.74) is 0. The number of halogens is 3. The number of aromatic nitrogens is 5. The monoisotopic (exact) mass is 322 g/mol. The number of alkyl halides is 3. The number of aromatic amines is 1. The minimum atomic E-state index is -4.62. The molecule has 0 aromatic carbocycles. The van der Waals surface area contributed by atoms with Crippen molar-refractivity contribution in [2.45, 2.75) is 24.3 Å². The Kier molecular flexibility index (Phi) is 3.02. The van der Waals surface area contributed by atoms with E-state index in [2.05, 4.69) is 20.4 Å². The standard InChI is InChI=1S/C9H9F3N6O2S/c10-9(11,12)8-16-14-6-5-17(3-4-18(6)8)21(19,20)7-1-2-13-15-7/h1-2H,3-5H2,(H,13,15).